The molecule has 2 heterocycles. The molecule has 0 radical (unpaired) electrons. The number of aliphatic hydroxyl groups is 1. The van der Waals surface area contributed by atoms with Crippen LogP contribution in [0.2, 0.25) is 0 Å². The predicted molar refractivity (Wildman–Crippen MR) is 84.5 cm³/mol. The molecule has 0 atom stereocenters. The molecule has 0 aliphatic carbocycles. The maximum Gasteiger partial charge on any atom is 0.227 e. The second-order valence-corrected chi connectivity index (χ2v) is 6.66. The summed E-state index contributed by atoms with van der Waals surface area (Å²) in [5.74, 6) is 0.984. The minimum absolute atomic E-state index is 0.0273. The molecule has 0 fully saturated rings. The molecule has 0 aromatic carbocycles. The molecule has 1 amide bonds. The number of rotatable bonds is 7. The van der Waals surface area contributed by atoms with E-state index in [0.29, 0.717) is 31.2 Å². The highest BCUT2D eigenvalue weighted by Gasteiger charge is 2.21. The molecular weight excluding hydrogens is 302 g/mol. The van der Waals surface area contributed by atoms with E-state index in [1.807, 2.05) is 24.4 Å². The van der Waals surface area contributed by atoms with Crippen LogP contribution >= 0.6 is 11.3 Å². The highest BCUT2D eigenvalue weighted by atomic mass is 32.1. The zero-order valence-corrected chi connectivity index (χ0v) is 13.9. The lowest BCUT2D eigenvalue weighted by Gasteiger charge is -2.28. The Bertz CT molecular complexity index is 602. The molecule has 0 saturated heterocycles. The van der Waals surface area contributed by atoms with Crippen molar-refractivity contribution in [3.8, 4) is 10.7 Å². The van der Waals surface area contributed by atoms with Gasteiger partial charge in [-0.2, -0.15) is 4.98 Å². The van der Waals surface area contributed by atoms with Crippen LogP contribution in [0.5, 0.6) is 0 Å². The van der Waals surface area contributed by atoms with Crippen molar-refractivity contribution in [3.63, 3.8) is 0 Å². The zero-order valence-electron chi connectivity index (χ0n) is 13.1. The maximum absolute atomic E-state index is 12.2. The summed E-state index contributed by atoms with van der Waals surface area (Å²) in [4.78, 5) is 19.1. The number of amides is 1. The largest absolute Gasteiger partial charge is 0.389 e. The van der Waals surface area contributed by atoms with Crippen LogP contribution in [0.15, 0.2) is 22.0 Å². The van der Waals surface area contributed by atoms with Crippen LogP contribution in [0.1, 0.15) is 33.1 Å². The third kappa shape index (κ3) is 4.64. The minimum atomic E-state index is -0.900. The molecule has 6 nitrogen and oxygen atoms in total. The van der Waals surface area contributed by atoms with E-state index in [9.17, 15) is 9.90 Å². The van der Waals surface area contributed by atoms with E-state index in [1.165, 1.54) is 0 Å². The van der Waals surface area contributed by atoms with E-state index >= 15 is 0 Å². The van der Waals surface area contributed by atoms with E-state index in [1.54, 1.807) is 30.1 Å². The first kappa shape index (κ1) is 16.6. The lowest BCUT2D eigenvalue weighted by molar-refractivity contribution is -0.134. The standard InChI is InChI=1S/C15H21N3O3S/c1-4-18(10-15(2,3)20)13(19)8-7-12-16-14(17-21-12)11-6-5-9-22-11/h5-6,9,20H,4,7-8,10H2,1-3H3. The lowest BCUT2D eigenvalue weighted by Crippen LogP contribution is -2.42. The summed E-state index contributed by atoms with van der Waals surface area (Å²) in [6.45, 7) is 6.15. The summed E-state index contributed by atoms with van der Waals surface area (Å²) in [5.41, 5.74) is -0.900. The van der Waals surface area contributed by atoms with Crippen molar-refractivity contribution in [2.75, 3.05) is 13.1 Å². The van der Waals surface area contributed by atoms with Gasteiger partial charge in [0.15, 0.2) is 0 Å². The zero-order chi connectivity index (χ0) is 16.2. The number of carbonyl (C=O) groups is 1. The molecule has 0 unspecified atom stereocenters. The SMILES string of the molecule is CCN(CC(C)(C)O)C(=O)CCc1nc(-c2cccs2)no1. The molecule has 22 heavy (non-hydrogen) atoms. The molecule has 2 aromatic rings. The molecule has 2 rings (SSSR count). The van der Waals surface area contributed by atoms with Crippen LogP contribution in [0.4, 0.5) is 0 Å². The normalized spacial score (nSPS) is 11.6. The molecule has 0 spiro atoms. The van der Waals surface area contributed by atoms with E-state index < -0.39 is 5.60 Å². The number of hydrogen-bond donors (Lipinski definition) is 1. The highest BCUT2D eigenvalue weighted by molar-refractivity contribution is 7.13. The molecule has 0 saturated carbocycles. The predicted octanol–water partition coefficient (Wildman–Crippen LogP) is 2.35. The molecule has 2 aromatic heterocycles. The van der Waals surface area contributed by atoms with Crippen molar-refractivity contribution < 1.29 is 14.4 Å². The average Bonchev–Trinajstić information content (AvgIpc) is 3.11. The summed E-state index contributed by atoms with van der Waals surface area (Å²) in [7, 11) is 0. The third-order valence-corrected chi connectivity index (χ3v) is 3.94. The molecule has 7 heteroatoms. The second kappa shape index (κ2) is 7.02. The number of aryl methyl sites for hydroxylation is 1. The van der Waals surface area contributed by atoms with Gasteiger partial charge in [0.2, 0.25) is 17.6 Å². The van der Waals surface area contributed by atoms with Crippen molar-refractivity contribution in [2.45, 2.75) is 39.2 Å². The number of aromatic nitrogens is 2. The van der Waals surface area contributed by atoms with E-state index in [2.05, 4.69) is 10.1 Å². The molecule has 0 bridgehead atoms. The molecular formula is C15H21N3O3S. The fourth-order valence-corrected chi connectivity index (χ4v) is 2.73. The quantitative estimate of drug-likeness (QED) is 0.846. The van der Waals surface area contributed by atoms with Crippen LogP contribution in [0, 0.1) is 0 Å². The number of likely N-dealkylation sites (N-methyl/N-ethyl adjacent to an activating group) is 1. The second-order valence-electron chi connectivity index (χ2n) is 5.71. The van der Waals surface area contributed by atoms with E-state index in [-0.39, 0.29) is 12.3 Å². The smallest absolute Gasteiger partial charge is 0.227 e. The van der Waals surface area contributed by atoms with Crippen LogP contribution in [0.25, 0.3) is 10.7 Å². The van der Waals surface area contributed by atoms with Crippen molar-refractivity contribution >= 4 is 17.2 Å². The first-order valence-electron chi connectivity index (χ1n) is 7.25. The van der Waals surface area contributed by atoms with Gasteiger partial charge in [0.1, 0.15) is 0 Å². The summed E-state index contributed by atoms with van der Waals surface area (Å²) >= 11 is 1.54. The van der Waals surface area contributed by atoms with E-state index in [0.717, 1.165) is 4.88 Å². The van der Waals surface area contributed by atoms with Gasteiger partial charge in [0, 0.05) is 25.9 Å². The van der Waals surface area contributed by atoms with Crippen LogP contribution in [-0.4, -0.2) is 44.7 Å². The van der Waals surface area contributed by atoms with Gasteiger partial charge in [0.05, 0.1) is 10.5 Å². The fourth-order valence-electron chi connectivity index (χ4n) is 2.08. The van der Waals surface area contributed by atoms with Gasteiger partial charge in [-0.1, -0.05) is 11.2 Å². The summed E-state index contributed by atoms with van der Waals surface area (Å²) in [6.07, 6.45) is 0.690. The van der Waals surface area contributed by atoms with Crippen LogP contribution < -0.4 is 0 Å². The van der Waals surface area contributed by atoms with Crippen molar-refractivity contribution in [3.05, 3.63) is 23.4 Å². The van der Waals surface area contributed by atoms with Crippen molar-refractivity contribution in [2.24, 2.45) is 0 Å². The highest BCUT2D eigenvalue weighted by Crippen LogP contribution is 2.21. The van der Waals surface area contributed by atoms with Crippen LogP contribution in [0.3, 0.4) is 0 Å². The fraction of sp³-hybridized carbons (Fsp3) is 0.533. The summed E-state index contributed by atoms with van der Waals surface area (Å²) < 4.78 is 5.18. The van der Waals surface area contributed by atoms with Crippen molar-refractivity contribution in [1.29, 1.82) is 0 Å². The first-order chi connectivity index (χ1) is 10.4. The molecule has 0 aliphatic rings. The Balaban J connectivity index is 1.90. The van der Waals surface area contributed by atoms with Gasteiger partial charge < -0.3 is 14.5 Å². The Morgan fingerprint density at radius 2 is 2.27 bits per heavy atom. The van der Waals surface area contributed by atoms with Crippen LogP contribution in [-0.2, 0) is 11.2 Å². The van der Waals surface area contributed by atoms with Gasteiger partial charge >= 0.3 is 0 Å². The minimum Gasteiger partial charge on any atom is -0.389 e. The Kier molecular flexibility index (Phi) is 5.31. The average molecular weight is 323 g/mol. The Morgan fingerprint density at radius 3 is 2.86 bits per heavy atom. The number of carbonyl (C=O) groups excluding carboxylic acids is 1. The Morgan fingerprint density at radius 1 is 1.50 bits per heavy atom. The summed E-state index contributed by atoms with van der Waals surface area (Å²) in [6, 6.07) is 3.85. The maximum atomic E-state index is 12.2. The van der Waals surface area contributed by atoms with Gasteiger partial charge in [-0.3, -0.25) is 4.79 Å². The Labute approximate surface area is 133 Å². The van der Waals surface area contributed by atoms with Crippen molar-refractivity contribution in [1.82, 2.24) is 15.0 Å². The monoisotopic (exact) mass is 323 g/mol. The summed E-state index contributed by atoms with van der Waals surface area (Å²) in [5, 5.41) is 15.7. The molecule has 0 aliphatic heterocycles. The molecule has 120 valence electrons. The number of hydrogen-bond acceptors (Lipinski definition) is 6. The number of nitrogens with zero attached hydrogens (tertiary/aromatic N) is 3. The van der Waals surface area contributed by atoms with Gasteiger partial charge in [-0.05, 0) is 32.2 Å². The first-order valence-corrected chi connectivity index (χ1v) is 8.13. The topological polar surface area (TPSA) is 79.5 Å². The number of thiophene rings is 1. The lowest BCUT2D eigenvalue weighted by atomic mass is 10.1. The Hall–Kier alpha value is -1.73. The third-order valence-electron chi connectivity index (χ3n) is 3.07. The van der Waals surface area contributed by atoms with Gasteiger partial charge in [-0.25, -0.2) is 0 Å². The van der Waals surface area contributed by atoms with Gasteiger partial charge in [0.25, 0.3) is 0 Å². The van der Waals surface area contributed by atoms with E-state index in [4.69, 9.17) is 4.52 Å². The molecule has 1 N–H and O–H groups in total. The van der Waals surface area contributed by atoms with Gasteiger partial charge in [-0.15, -0.1) is 11.3 Å².